The molecule has 4 rings (SSSR count). The van der Waals surface area contributed by atoms with Gasteiger partial charge in [0.2, 0.25) is 5.91 Å². The van der Waals surface area contributed by atoms with Crippen LogP contribution in [-0.4, -0.2) is 42.3 Å². The molecule has 146 valence electrons. The molecule has 2 aliphatic rings. The van der Waals surface area contributed by atoms with Crippen molar-refractivity contribution >= 4 is 12.1 Å². The van der Waals surface area contributed by atoms with E-state index < -0.39 is 11.8 Å². The number of halogens is 1. The highest BCUT2D eigenvalue weighted by Gasteiger charge is 2.45. The summed E-state index contributed by atoms with van der Waals surface area (Å²) in [6.07, 6.45) is 0.840. The minimum absolute atomic E-state index is 0.0401. The molecule has 2 aromatic rings. The first-order valence-electron chi connectivity index (χ1n) is 9.49. The molecule has 0 radical (unpaired) electrons. The maximum absolute atomic E-state index is 13.4. The van der Waals surface area contributed by atoms with Crippen LogP contribution in [0.2, 0.25) is 0 Å². The van der Waals surface area contributed by atoms with Crippen LogP contribution in [0.4, 0.5) is 9.18 Å². The molecule has 2 aromatic carbocycles. The molecule has 2 saturated heterocycles. The molecule has 2 fully saturated rings. The number of cyclic esters (lactones) is 1. The van der Waals surface area contributed by atoms with Crippen molar-refractivity contribution in [2.45, 2.75) is 30.8 Å². The first-order valence-corrected chi connectivity index (χ1v) is 9.49. The Bertz CT molecular complexity index is 845. The number of ether oxygens (including phenoxy) is 2. The van der Waals surface area contributed by atoms with E-state index in [0.29, 0.717) is 32.4 Å². The molecule has 0 bridgehead atoms. The smallest absolute Gasteiger partial charge is 0.430 e. The van der Waals surface area contributed by atoms with Crippen LogP contribution in [0, 0.1) is 5.82 Å². The molecule has 0 saturated carbocycles. The van der Waals surface area contributed by atoms with Crippen molar-refractivity contribution in [3.8, 4) is 0 Å². The van der Waals surface area contributed by atoms with Gasteiger partial charge in [0.1, 0.15) is 12.4 Å². The average molecular weight is 383 g/mol. The summed E-state index contributed by atoms with van der Waals surface area (Å²) < 4.78 is 23.6. The lowest BCUT2D eigenvalue weighted by molar-refractivity contribution is -0.134. The van der Waals surface area contributed by atoms with Crippen LogP contribution in [0.3, 0.4) is 0 Å². The van der Waals surface area contributed by atoms with Gasteiger partial charge in [0.25, 0.3) is 0 Å². The van der Waals surface area contributed by atoms with E-state index in [1.165, 1.54) is 12.1 Å². The number of likely N-dealkylation sites (tertiary alicyclic amines) is 1. The first-order chi connectivity index (χ1) is 13.5. The third-order valence-corrected chi connectivity index (χ3v) is 5.63. The second-order valence-electron chi connectivity index (χ2n) is 7.42. The molecular formula is C22H22FNO4. The highest BCUT2D eigenvalue weighted by molar-refractivity contribution is 5.78. The van der Waals surface area contributed by atoms with Crippen molar-refractivity contribution in [3.05, 3.63) is 71.5 Å². The summed E-state index contributed by atoms with van der Waals surface area (Å²) in [6, 6.07) is 16.1. The maximum atomic E-state index is 13.4. The zero-order valence-corrected chi connectivity index (χ0v) is 15.5. The lowest BCUT2D eigenvalue weighted by atomic mass is 9.87. The van der Waals surface area contributed by atoms with Crippen LogP contribution in [0.25, 0.3) is 0 Å². The topological polar surface area (TPSA) is 55.8 Å². The Kier molecular flexibility index (Phi) is 5.03. The summed E-state index contributed by atoms with van der Waals surface area (Å²) in [7, 11) is 0. The van der Waals surface area contributed by atoms with Gasteiger partial charge in [-0.3, -0.25) is 4.79 Å². The van der Waals surface area contributed by atoms with Gasteiger partial charge < -0.3 is 14.4 Å². The predicted octanol–water partition coefficient (Wildman–Crippen LogP) is 3.88. The minimum Gasteiger partial charge on any atom is -0.430 e. The van der Waals surface area contributed by atoms with Gasteiger partial charge in [-0.2, -0.15) is 0 Å². The van der Waals surface area contributed by atoms with Crippen molar-refractivity contribution in [1.29, 1.82) is 0 Å². The SMILES string of the molecule is O=C1OCC2(CCN(C(=O)CC(c3ccccc3)c3ccc(F)cc3)CC2)O1. The van der Waals surface area contributed by atoms with E-state index in [0.717, 1.165) is 11.1 Å². The molecule has 5 nitrogen and oxygen atoms in total. The summed E-state index contributed by atoms with van der Waals surface area (Å²) in [5, 5.41) is 0. The van der Waals surface area contributed by atoms with Gasteiger partial charge in [-0.1, -0.05) is 42.5 Å². The molecule has 1 atom stereocenters. The number of piperidine rings is 1. The van der Waals surface area contributed by atoms with E-state index in [1.54, 1.807) is 12.1 Å². The maximum Gasteiger partial charge on any atom is 0.509 e. The first kappa shape index (κ1) is 18.5. The number of carbonyl (C=O) groups excluding carboxylic acids is 2. The van der Waals surface area contributed by atoms with Crippen LogP contribution in [0.15, 0.2) is 54.6 Å². The zero-order chi connectivity index (χ0) is 19.6. The van der Waals surface area contributed by atoms with Crippen LogP contribution in [0.1, 0.15) is 36.3 Å². The Labute approximate surface area is 163 Å². The Morgan fingerprint density at radius 3 is 2.29 bits per heavy atom. The monoisotopic (exact) mass is 383 g/mol. The minimum atomic E-state index is -0.625. The van der Waals surface area contributed by atoms with E-state index >= 15 is 0 Å². The average Bonchev–Trinajstić information content (AvgIpc) is 3.08. The summed E-state index contributed by atoms with van der Waals surface area (Å²) in [6.45, 7) is 1.32. The van der Waals surface area contributed by atoms with Gasteiger partial charge in [-0.15, -0.1) is 0 Å². The van der Waals surface area contributed by atoms with Gasteiger partial charge in [0.15, 0.2) is 5.60 Å². The third-order valence-electron chi connectivity index (χ3n) is 5.63. The molecule has 1 amide bonds. The molecule has 1 spiro atoms. The third kappa shape index (κ3) is 3.86. The number of hydrogen-bond acceptors (Lipinski definition) is 4. The van der Waals surface area contributed by atoms with Crippen LogP contribution in [0.5, 0.6) is 0 Å². The lowest BCUT2D eigenvalue weighted by Gasteiger charge is -2.36. The Hall–Kier alpha value is -2.89. The number of hydrogen-bond donors (Lipinski definition) is 0. The van der Waals surface area contributed by atoms with Crippen molar-refractivity contribution in [1.82, 2.24) is 4.90 Å². The summed E-state index contributed by atoms with van der Waals surface area (Å²) in [5.41, 5.74) is 1.35. The van der Waals surface area contributed by atoms with E-state index in [2.05, 4.69) is 0 Å². The van der Waals surface area contributed by atoms with E-state index in [4.69, 9.17) is 9.47 Å². The molecule has 6 heteroatoms. The standard InChI is InChI=1S/C22H22FNO4/c23-18-8-6-17(7-9-18)19(16-4-2-1-3-5-16)14-20(25)24-12-10-22(11-13-24)15-27-21(26)28-22/h1-9,19H,10-15H2. The second-order valence-corrected chi connectivity index (χ2v) is 7.42. The summed E-state index contributed by atoms with van der Waals surface area (Å²) >= 11 is 0. The molecule has 0 aliphatic carbocycles. The fourth-order valence-corrected chi connectivity index (χ4v) is 3.95. The predicted molar refractivity (Wildman–Crippen MR) is 100 cm³/mol. The van der Waals surface area contributed by atoms with Crippen LogP contribution >= 0.6 is 0 Å². The van der Waals surface area contributed by atoms with Crippen molar-refractivity contribution in [2.75, 3.05) is 19.7 Å². The molecule has 2 aliphatic heterocycles. The van der Waals surface area contributed by atoms with Gasteiger partial charge in [-0.05, 0) is 23.3 Å². The van der Waals surface area contributed by atoms with Crippen molar-refractivity contribution in [3.63, 3.8) is 0 Å². The molecule has 0 N–H and O–H groups in total. The second kappa shape index (κ2) is 7.62. The fraction of sp³-hybridized carbons (Fsp3) is 0.364. The normalized spacial score (nSPS) is 19.2. The molecule has 0 aromatic heterocycles. The number of carbonyl (C=O) groups is 2. The van der Waals surface area contributed by atoms with Crippen LogP contribution in [-0.2, 0) is 14.3 Å². The molecule has 2 heterocycles. The highest BCUT2D eigenvalue weighted by atomic mass is 19.1. The Balaban J connectivity index is 1.47. The number of rotatable bonds is 4. The van der Waals surface area contributed by atoms with Crippen LogP contribution < -0.4 is 0 Å². The van der Waals surface area contributed by atoms with Gasteiger partial charge >= 0.3 is 6.16 Å². The van der Waals surface area contributed by atoms with Crippen molar-refractivity contribution in [2.24, 2.45) is 0 Å². The number of benzene rings is 2. The zero-order valence-electron chi connectivity index (χ0n) is 15.5. The molecule has 28 heavy (non-hydrogen) atoms. The lowest BCUT2D eigenvalue weighted by Crippen LogP contribution is -2.48. The molecule has 1 unspecified atom stereocenters. The fourth-order valence-electron chi connectivity index (χ4n) is 3.95. The van der Waals surface area contributed by atoms with Crippen molar-refractivity contribution < 1.29 is 23.5 Å². The molecular weight excluding hydrogens is 361 g/mol. The van der Waals surface area contributed by atoms with Gasteiger partial charge in [-0.25, -0.2) is 9.18 Å². The number of nitrogens with zero attached hydrogens (tertiary/aromatic N) is 1. The van der Waals surface area contributed by atoms with E-state index in [-0.39, 0.29) is 24.2 Å². The summed E-state index contributed by atoms with van der Waals surface area (Å²) in [4.78, 5) is 26.1. The number of amides is 1. The largest absolute Gasteiger partial charge is 0.509 e. The Morgan fingerprint density at radius 1 is 1.04 bits per heavy atom. The van der Waals surface area contributed by atoms with Gasteiger partial charge in [0.05, 0.1) is 0 Å². The van der Waals surface area contributed by atoms with Gasteiger partial charge in [0, 0.05) is 38.3 Å². The quantitative estimate of drug-likeness (QED) is 0.752. The highest BCUT2D eigenvalue weighted by Crippen LogP contribution is 2.33. The Morgan fingerprint density at radius 2 is 1.68 bits per heavy atom. The van der Waals surface area contributed by atoms with E-state index in [1.807, 2.05) is 35.2 Å². The van der Waals surface area contributed by atoms with E-state index in [9.17, 15) is 14.0 Å². The summed E-state index contributed by atoms with van der Waals surface area (Å²) in [5.74, 6) is -0.396.